The van der Waals surface area contributed by atoms with Gasteiger partial charge in [-0.15, -0.1) is 0 Å². The molecule has 0 saturated carbocycles. The van der Waals surface area contributed by atoms with Crippen LogP contribution in [0.4, 0.5) is 10.5 Å². The summed E-state index contributed by atoms with van der Waals surface area (Å²) in [6, 6.07) is 6.80. The minimum Gasteiger partial charge on any atom is -0.494 e. The Balaban J connectivity index is 2.41. The maximum absolute atomic E-state index is 12.5. The Hall–Kier alpha value is -2.50. The standard InChI is InChI=1S/C16H21N3O3/c1-5-18-15(20)14(11-17(3)4)19(16(18)21)12-7-9-13(10-8-12)22-6-2/h7-11H,5-6H2,1-4H3/b14-11-. The van der Waals surface area contributed by atoms with E-state index >= 15 is 0 Å². The average molecular weight is 303 g/mol. The minimum atomic E-state index is -0.329. The number of anilines is 1. The van der Waals surface area contributed by atoms with Gasteiger partial charge >= 0.3 is 6.03 Å². The van der Waals surface area contributed by atoms with Gasteiger partial charge in [0.2, 0.25) is 0 Å². The van der Waals surface area contributed by atoms with Gasteiger partial charge in [-0.3, -0.25) is 14.6 Å². The van der Waals surface area contributed by atoms with Crippen LogP contribution in [0.15, 0.2) is 36.2 Å². The topological polar surface area (TPSA) is 53.1 Å². The van der Waals surface area contributed by atoms with Crippen LogP contribution in [0.25, 0.3) is 0 Å². The molecule has 0 radical (unpaired) electrons. The van der Waals surface area contributed by atoms with E-state index in [9.17, 15) is 9.59 Å². The zero-order valence-electron chi connectivity index (χ0n) is 13.4. The molecule has 1 fully saturated rings. The van der Waals surface area contributed by atoms with Crippen molar-refractivity contribution in [2.24, 2.45) is 0 Å². The van der Waals surface area contributed by atoms with E-state index < -0.39 is 0 Å². The molecule has 0 spiro atoms. The smallest absolute Gasteiger partial charge is 0.336 e. The number of benzene rings is 1. The van der Waals surface area contributed by atoms with E-state index in [2.05, 4.69) is 0 Å². The summed E-state index contributed by atoms with van der Waals surface area (Å²) in [5.74, 6) is 0.449. The molecule has 1 saturated heterocycles. The van der Waals surface area contributed by atoms with Crippen LogP contribution in [-0.4, -0.2) is 49.0 Å². The van der Waals surface area contributed by atoms with Gasteiger partial charge in [0.25, 0.3) is 5.91 Å². The number of likely N-dealkylation sites (N-methyl/N-ethyl adjacent to an activating group) is 1. The highest BCUT2D eigenvalue weighted by molar-refractivity contribution is 6.21. The van der Waals surface area contributed by atoms with Gasteiger partial charge in [-0.25, -0.2) is 4.79 Å². The summed E-state index contributed by atoms with van der Waals surface area (Å²) in [4.78, 5) is 29.3. The summed E-state index contributed by atoms with van der Waals surface area (Å²) >= 11 is 0. The molecule has 6 nitrogen and oxygen atoms in total. The van der Waals surface area contributed by atoms with Crippen molar-refractivity contribution in [3.63, 3.8) is 0 Å². The summed E-state index contributed by atoms with van der Waals surface area (Å²) in [6.45, 7) is 4.62. The van der Waals surface area contributed by atoms with Crippen molar-refractivity contribution in [2.45, 2.75) is 13.8 Å². The van der Waals surface area contributed by atoms with Crippen LogP contribution in [0.3, 0.4) is 0 Å². The third-order valence-corrected chi connectivity index (χ3v) is 3.23. The Morgan fingerprint density at radius 2 is 1.77 bits per heavy atom. The molecule has 22 heavy (non-hydrogen) atoms. The lowest BCUT2D eigenvalue weighted by molar-refractivity contribution is -0.122. The van der Waals surface area contributed by atoms with Crippen molar-refractivity contribution in [3.8, 4) is 5.75 Å². The van der Waals surface area contributed by atoms with Crippen molar-refractivity contribution in [1.82, 2.24) is 9.80 Å². The van der Waals surface area contributed by atoms with Gasteiger partial charge < -0.3 is 9.64 Å². The fourth-order valence-corrected chi connectivity index (χ4v) is 2.29. The molecular weight excluding hydrogens is 282 g/mol. The van der Waals surface area contributed by atoms with E-state index in [1.54, 1.807) is 42.3 Å². The van der Waals surface area contributed by atoms with Gasteiger partial charge in [0, 0.05) is 26.8 Å². The van der Waals surface area contributed by atoms with Crippen molar-refractivity contribution in [1.29, 1.82) is 0 Å². The third-order valence-electron chi connectivity index (χ3n) is 3.23. The molecule has 0 aromatic heterocycles. The van der Waals surface area contributed by atoms with E-state index in [4.69, 9.17) is 4.74 Å². The number of nitrogens with zero attached hydrogens (tertiary/aromatic N) is 3. The van der Waals surface area contributed by atoms with E-state index in [1.165, 1.54) is 9.80 Å². The van der Waals surface area contributed by atoms with E-state index in [0.717, 1.165) is 5.75 Å². The molecule has 0 unspecified atom stereocenters. The largest absolute Gasteiger partial charge is 0.494 e. The van der Waals surface area contributed by atoms with Gasteiger partial charge in [-0.1, -0.05) is 0 Å². The van der Waals surface area contributed by atoms with Crippen molar-refractivity contribution in [3.05, 3.63) is 36.2 Å². The molecule has 6 heteroatoms. The first-order valence-electron chi connectivity index (χ1n) is 7.26. The number of carbonyl (C=O) groups is 2. The number of urea groups is 1. The molecule has 0 aliphatic carbocycles. The summed E-state index contributed by atoms with van der Waals surface area (Å²) in [5, 5.41) is 0. The Kier molecular flexibility index (Phi) is 4.70. The monoisotopic (exact) mass is 303 g/mol. The molecule has 3 amide bonds. The van der Waals surface area contributed by atoms with Crippen LogP contribution in [0, 0.1) is 0 Å². The van der Waals surface area contributed by atoms with E-state index in [-0.39, 0.29) is 11.9 Å². The van der Waals surface area contributed by atoms with Crippen molar-refractivity contribution in [2.75, 3.05) is 32.1 Å². The molecular formula is C16H21N3O3. The minimum absolute atomic E-state index is 0.282. The van der Waals surface area contributed by atoms with Gasteiger partial charge in [0.1, 0.15) is 11.4 Å². The first kappa shape index (κ1) is 15.9. The molecule has 1 heterocycles. The Morgan fingerprint density at radius 3 is 2.27 bits per heavy atom. The highest BCUT2D eigenvalue weighted by Crippen LogP contribution is 2.29. The average Bonchev–Trinajstić information content (AvgIpc) is 2.71. The highest BCUT2D eigenvalue weighted by atomic mass is 16.5. The lowest BCUT2D eigenvalue weighted by Gasteiger charge is -2.18. The maximum Gasteiger partial charge on any atom is 0.336 e. The zero-order chi connectivity index (χ0) is 16.3. The SMILES string of the molecule is CCOc1ccc(N2C(=O)N(CC)C(=O)/C2=C/N(C)C)cc1. The molecule has 0 bridgehead atoms. The Bertz CT molecular complexity index is 593. The summed E-state index contributed by atoms with van der Waals surface area (Å²) in [5.41, 5.74) is 0.992. The molecule has 1 aromatic rings. The van der Waals surface area contributed by atoms with Gasteiger partial charge in [-0.05, 0) is 38.1 Å². The van der Waals surface area contributed by atoms with Crippen LogP contribution in [0.5, 0.6) is 5.75 Å². The lowest BCUT2D eigenvalue weighted by atomic mass is 10.2. The fourth-order valence-electron chi connectivity index (χ4n) is 2.29. The van der Waals surface area contributed by atoms with E-state index in [1.807, 2.05) is 21.0 Å². The number of hydrogen-bond acceptors (Lipinski definition) is 4. The van der Waals surface area contributed by atoms with Gasteiger partial charge in [0.05, 0.1) is 12.3 Å². The second kappa shape index (κ2) is 6.51. The second-order valence-corrected chi connectivity index (χ2v) is 5.07. The predicted molar refractivity (Wildman–Crippen MR) is 84.6 cm³/mol. The highest BCUT2D eigenvalue weighted by Gasteiger charge is 2.41. The van der Waals surface area contributed by atoms with Gasteiger partial charge in [0.15, 0.2) is 0 Å². The molecule has 0 N–H and O–H groups in total. The second-order valence-electron chi connectivity index (χ2n) is 5.07. The number of ether oxygens (including phenoxy) is 1. The molecule has 0 atom stereocenters. The summed E-state index contributed by atoms with van der Waals surface area (Å²) in [7, 11) is 3.63. The van der Waals surface area contributed by atoms with E-state index in [0.29, 0.717) is 24.5 Å². The first-order chi connectivity index (χ1) is 10.5. The van der Waals surface area contributed by atoms with Crippen molar-refractivity contribution >= 4 is 17.6 Å². The van der Waals surface area contributed by atoms with Crippen LogP contribution in [0.2, 0.25) is 0 Å². The fraction of sp³-hybridized carbons (Fsp3) is 0.375. The predicted octanol–water partition coefficient (Wildman–Crippen LogP) is 2.28. The number of amides is 3. The van der Waals surface area contributed by atoms with Crippen LogP contribution in [-0.2, 0) is 4.79 Å². The number of hydrogen-bond donors (Lipinski definition) is 0. The first-order valence-corrected chi connectivity index (χ1v) is 7.26. The van der Waals surface area contributed by atoms with Crippen LogP contribution < -0.4 is 9.64 Å². The Labute approximate surface area is 130 Å². The molecule has 2 rings (SSSR count). The number of carbonyl (C=O) groups excluding carboxylic acids is 2. The summed E-state index contributed by atoms with van der Waals surface area (Å²) in [6.07, 6.45) is 1.66. The zero-order valence-corrected chi connectivity index (χ0v) is 13.4. The molecule has 1 aliphatic heterocycles. The molecule has 1 aliphatic rings. The molecule has 1 aromatic carbocycles. The number of imide groups is 1. The normalized spacial score (nSPS) is 16.6. The maximum atomic E-state index is 12.5. The van der Waals surface area contributed by atoms with Gasteiger partial charge in [-0.2, -0.15) is 0 Å². The quantitative estimate of drug-likeness (QED) is 0.618. The Morgan fingerprint density at radius 1 is 1.14 bits per heavy atom. The third kappa shape index (κ3) is 2.90. The van der Waals surface area contributed by atoms with Crippen LogP contribution >= 0.6 is 0 Å². The summed E-state index contributed by atoms with van der Waals surface area (Å²) < 4.78 is 5.40. The lowest BCUT2D eigenvalue weighted by Crippen LogP contribution is -2.32. The molecule has 118 valence electrons. The van der Waals surface area contributed by atoms with Crippen LogP contribution in [0.1, 0.15) is 13.8 Å². The number of rotatable bonds is 5. The van der Waals surface area contributed by atoms with Crippen molar-refractivity contribution < 1.29 is 14.3 Å².